The van der Waals surface area contributed by atoms with Crippen LogP contribution in [0.4, 0.5) is 0 Å². The van der Waals surface area contributed by atoms with Crippen LogP contribution < -0.4 is 0 Å². The van der Waals surface area contributed by atoms with E-state index < -0.39 is 4.67 Å². The highest BCUT2D eigenvalue weighted by atomic mass is 33.2. The van der Waals surface area contributed by atoms with Crippen LogP contribution in [0.1, 0.15) is 90.9 Å². The van der Waals surface area contributed by atoms with Gasteiger partial charge < -0.3 is 4.89 Å². The molecule has 0 heterocycles. The molecule has 0 amide bonds. The SMILES string of the molecule is CCCCCCCCSP(O)(=S)SCCCCCCCC. The Morgan fingerprint density at radius 3 is 1.38 bits per heavy atom. The van der Waals surface area contributed by atoms with Crippen LogP contribution in [-0.2, 0) is 11.8 Å². The van der Waals surface area contributed by atoms with Crippen LogP contribution in [0, 0.1) is 0 Å². The lowest BCUT2D eigenvalue weighted by Crippen LogP contribution is -1.84. The van der Waals surface area contributed by atoms with Gasteiger partial charge in [-0.1, -0.05) is 101 Å². The largest absolute Gasteiger partial charge is 0.350 e. The summed E-state index contributed by atoms with van der Waals surface area (Å²) in [7, 11) is 0. The topological polar surface area (TPSA) is 20.2 Å². The molecule has 0 aromatic rings. The number of hydrogen-bond acceptors (Lipinski definition) is 3. The molecule has 5 heteroatoms. The maximum atomic E-state index is 10.2. The molecular weight excluding hydrogens is 335 g/mol. The fraction of sp³-hybridized carbons (Fsp3) is 1.00. The zero-order valence-electron chi connectivity index (χ0n) is 14.0. The van der Waals surface area contributed by atoms with Gasteiger partial charge in [-0.2, -0.15) is 0 Å². The van der Waals surface area contributed by atoms with Crippen molar-refractivity contribution in [2.24, 2.45) is 0 Å². The predicted molar refractivity (Wildman–Crippen MR) is 108 cm³/mol. The second-order valence-corrected chi connectivity index (χ2v) is 16.3. The quantitative estimate of drug-likeness (QED) is 0.225. The van der Waals surface area contributed by atoms with Gasteiger partial charge in [0.2, 0.25) is 0 Å². The summed E-state index contributed by atoms with van der Waals surface area (Å²) >= 11 is 8.69. The fourth-order valence-corrected chi connectivity index (χ4v) is 9.10. The number of unbranched alkanes of at least 4 members (excludes halogenated alkanes) is 10. The predicted octanol–water partition coefficient (Wildman–Crippen LogP) is 7.39. The molecule has 0 saturated carbocycles. The van der Waals surface area contributed by atoms with Gasteiger partial charge in [-0.25, -0.2) is 0 Å². The third kappa shape index (κ3) is 17.5. The van der Waals surface area contributed by atoms with E-state index in [0.29, 0.717) is 0 Å². The van der Waals surface area contributed by atoms with Crippen LogP contribution in [0.15, 0.2) is 0 Å². The minimum Gasteiger partial charge on any atom is -0.350 e. The van der Waals surface area contributed by atoms with Crippen LogP contribution in [0.25, 0.3) is 0 Å². The van der Waals surface area contributed by atoms with E-state index in [1.807, 2.05) is 0 Å². The molecule has 0 aromatic heterocycles. The van der Waals surface area contributed by atoms with E-state index in [0.717, 1.165) is 11.5 Å². The Bertz CT molecular complexity index is 240. The normalized spacial score (nSPS) is 12.0. The zero-order chi connectivity index (χ0) is 15.8. The molecule has 21 heavy (non-hydrogen) atoms. The summed E-state index contributed by atoms with van der Waals surface area (Å²) in [6.07, 6.45) is 15.8. The highest BCUT2D eigenvalue weighted by Crippen LogP contribution is 2.66. The van der Waals surface area contributed by atoms with Gasteiger partial charge in [-0.05, 0) is 24.6 Å². The van der Waals surface area contributed by atoms with Gasteiger partial charge in [-0.15, -0.1) is 0 Å². The molecule has 0 aliphatic heterocycles. The summed E-state index contributed by atoms with van der Waals surface area (Å²) in [6.45, 7) is 4.50. The van der Waals surface area contributed by atoms with Gasteiger partial charge in [0.05, 0.1) is 0 Å². The second kappa shape index (κ2) is 16.2. The lowest BCUT2D eigenvalue weighted by Gasteiger charge is -2.13. The van der Waals surface area contributed by atoms with Crippen molar-refractivity contribution in [2.45, 2.75) is 90.9 Å². The molecule has 0 fully saturated rings. The molecule has 0 saturated heterocycles. The molecular formula is C16H35OPS3. The zero-order valence-corrected chi connectivity index (χ0v) is 17.4. The molecule has 0 atom stereocenters. The van der Waals surface area contributed by atoms with Crippen molar-refractivity contribution in [3.63, 3.8) is 0 Å². The number of rotatable bonds is 16. The smallest absolute Gasteiger partial charge is 0.172 e. The molecule has 0 radical (unpaired) electrons. The van der Waals surface area contributed by atoms with E-state index in [-0.39, 0.29) is 0 Å². The Balaban J connectivity index is 3.37. The summed E-state index contributed by atoms with van der Waals surface area (Å²) < 4.78 is -2.15. The summed E-state index contributed by atoms with van der Waals surface area (Å²) in [5.74, 6) is 2.09. The highest BCUT2D eigenvalue weighted by molar-refractivity contribution is 8.98. The molecule has 0 aliphatic carbocycles. The molecule has 1 nitrogen and oxygen atoms in total. The van der Waals surface area contributed by atoms with Gasteiger partial charge >= 0.3 is 0 Å². The first-order valence-corrected chi connectivity index (χ1v) is 14.7. The highest BCUT2D eigenvalue weighted by Gasteiger charge is 2.13. The van der Waals surface area contributed by atoms with Crippen molar-refractivity contribution in [2.75, 3.05) is 11.5 Å². The van der Waals surface area contributed by atoms with Crippen molar-refractivity contribution in [3.8, 4) is 0 Å². The van der Waals surface area contributed by atoms with Crippen LogP contribution in [-0.4, -0.2) is 16.4 Å². The minimum absolute atomic E-state index is 1.05. The van der Waals surface area contributed by atoms with Gasteiger partial charge in [0.25, 0.3) is 0 Å². The van der Waals surface area contributed by atoms with Gasteiger partial charge in [0, 0.05) is 11.5 Å². The summed E-state index contributed by atoms with van der Waals surface area (Å²) in [4.78, 5) is 10.2. The van der Waals surface area contributed by atoms with Crippen molar-refractivity contribution >= 4 is 39.2 Å². The lowest BCUT2D eigenvalue weighted by atomic mass is 10.1. The van der Waals surface area contributed by atoms with Crippen molar-refractivity contribution in [3.05, 3.63) is 0 Å². The van der Waals surface area contributed by atoms with E-state index in [1.54, 1.807) is 22.8 Å². The second-order valence-electron chi connectivity index (χ2n) is 5.67. The summed E-state index contributed by atoms with van der Waals surface area (Å²) in [5, 5.41) is 0. The van der Waals surface area contributed by atoms with Crippen LogP contribution in [0.2, 0.25) is 0 Å². The van der Waals surface area contributed by atoms with Crippen molar-refractivity contribution < 1.29 is 4.89 Å². The number of hydrogen-bond donors (Lipinski definition) is 1. The molecule has 0 aromatic carbocycles. The Labute approximate surface area is 146 Å². The van der Waals surface area contributed by atoms with E-state index in [2.05, 4.69) is 13.8 Å². The Kier molecular flexibility index (Phi) is 17.2. The molecule has 128 valence electrons. The fourth-order valence-electron chi connectivity index (χ4n) is 2.16. The Morgan fingerprint density at radius 2 is 1.00 bits per heavy atom. The van der Waals surface area contributed by atoms with Gasteiger partial charge in [-0.3, -0.25) is 0 Å². The molecule has 1 N–H and O–H groups in total. The van der Waals surface area contributed by atoms with Crippen LogP contribution >= 0.6 is 27.4 Å². The average Bonchev–Trinajstić information content (AvgIpc) is 2.45. The molecule has 0 aliphatic rings. The van der Waals surface area contributed by atoms with Crippen LogP contribution in [0.3, 0.4) is 0 Å². The third-order valence-electron chi connectivity index (χ3n) is 3.50. The third-order valence-corrected chi connectivity index (χ3v) is 11.9. The summed E-state index contributed by atoms with van der Waals surface area (Å²) in [6, 6.07) is 0. The van der Waals surface area contributed by atoms with E-state index in [4.69, 9.17) is 11.8 Å². The lowest BCUT2D eigenvalue weighted by molar-refractivity contribution is 0.626. The van der Waals surface area contributed by atoms with Crippen molar-refractivity contribution in [1.29, 1.82) is 0 Å². The monoisotopic (exact) mass is 370 g/mol. The first kappa shape index (κ1) is 22.3. The Hall–Kier alpha value is 1.31. The van der Waals surface area contributed by atoms with Gasteiger partial charge in [0.1, 0.15) is 0 Å². The maximum Gasteiger partial charge on any atom is 0.172 e. The maximum absolute atomic E-state index is 10.2. The first-order chi connectivity index (χ1) is 10.1. The summed E-state index contributed by atoms with van der Waals surface area (Å²) in [5.41, 5.74) is 0. The van der Waals surface area contributed by atoms with E-state index in [9.17, 15) is 4.89 Å². The molecule has 0 spiro atoms. The standard InChI is InChI=1S/C16H35OPS3/c1-3-5-7-9-11-13-15-20-18(17,19)21-16-14-12-10-8-6-4-2/h3-16H2,1-2H3,(H,17,19). The first-order valence-electron chi connectivity index (χ1n) is 8.74. The van der Waals surface area contributed by atoms with Crippen LogP contribution in [0.5, 0.6) is 0 Å². The minimum atomic E-state index is -2.15. The molecule has 0 rings (SSSR count). The Morgan fingerprint density at radius 1 is 0.667 bits per heavy atom. The average molecular weight is 371 g/mol. The van der Waals surface area contributed by atoms with Crippen molar-refractivity contribution in [1.82, 2.24) is 0 Å². The van der Waals surface area contributed by atoms with E-state index >= 15 is 0 Å². The van der Waals surface area contributed by atoms with E-state index in [1.165, 1.54) is 77.0 Å². The van der Waals surface area contributed by atoms with Gasteiger partial charge in [0.15, 0.2) is 4.67 Å². The molecule has 0 unspecified atom stereocenters. The molecule has 0 bridgehead atoms.